The van der Waals surface area contributed by atoms with Crippen LogP contribution in [0.2, 0.25) is 5.15 Å². The molecule has 18 heavy (non-hydrogen) atoms. The van der Waals surface area contributed by atoms with Gasteiger partial charge in [0, 0.05) is 6.20 Å². The van der Waals surface area contributed by atoms with E-state index in [1.54, 1.807) is 23.8 Å². The number of halogens is 1. The van der Waals surface area contributed by atoms with Crippen LogP contribution in [0.4, 0.5) is 0 Å². The molecular weight excluding hydrogens is 250 g/mol. The van der Waals surface area contributed by atoms with E-state index in [0.717, 1.165) is 11.2 Å². The third-order valence-corrected chi connectivity index (χ3v) is 2.87. The van der Waals surface area contributed by atoms with Gasteiger partial charge in [0.1, 0.15) is 22.3 Å². The van der Waals surface area contributed by atoms with Gasteiger partial charge in [-0.3, -0.25) is 0 Å². The van der Waals surface area contributed by atoms with Crippen molar-refractivity contribution in [2.45, 2.75) is 0 Å². The van der Waals surface area contributed by atoms with Gasteiger partial charge in [-0.15, -0.1) is 0 Å². The van der Waals surface area contributed by atoms with Crippen LogP contribution < -0.4 is 4.74 Å². The van der Waals surface area contributed by atoms with Gasteiger partial charge in [-0.25, -0.2) is 9.50 Å². The molecule has 0 aromatic carbocycles. The highest BCUT2D eigenvalue weighted by molar-refractivity contribution is 6.29. The molecule has 0 aliphatic heterocycles. The van der Waals surface area contributed by atoms with Crippen molar-refractivity contribution in [3.05, 3.63) is 47.7 Å². The van der Waals surface area contributed by atoms with Gasteiger partial charge in [0.2, 0.25) is 0 Å². The van der Waals surface area contributed by atoms with Gasteiger partial charge in [0.05, 0.1) is 12.6 Å². The maximum absolute atomic E-state index is 5.92. The molecule has 0 spiro atoms. The van der Waals surface area contributed by atoms with Gasteiger partial charge in [0.25, 0.3) is 0 Å². The van der Waals surface area contributed by atoms with Crippen molar-refractivity contribution in [1.29, 1.82) is 0 Å². The fraction of sp³-hybridized carbons (Fsp3) is 0.0769. The molecule has 0 saturated heterocycles. The molecule has 3 aromatic heterocycles. The second-order valence-corrected chi connectivity index (χ2v) is 4.17. The summed E-state index contributed by atoms with van der Waals surface area (Å²) < 4.78 is 7.07. The average molecular weight is 260 g/mol. The summed E-state index contributed by atoms with van der Waals surface area (Å²) in [5, 5.41) is 4.87. The topological polar surface area (TPSA) is 39.4 Å². The summed E-state index contributed by atoms with van der Waals surface area (Å²) in [5.74, 6) is 0.655. The molecule has 4 nitrogen and oxygen atoms in total. The maximum atomic E-state index is 5.92. The Kier molecular flexibility index (Phi) is 2.64. The lowest BCUT2D eigenvalue weighted by molar-refractivity contribution is 0.414. The van der Waals surface area contributed by atoms with Crippen LogP contribution in [0.5, 0.6) is 5.75 Å². The van der Waals surface area contributed by atoms with Crippen LogP contribution in [-0.4, -0.2) is 21.7 Å². The highest BCUT2D eigenvalue weighted by Crippen LogP contribution is 2.29. The standard InChI is InChI=1S/C13H10ClN3O/c1-18-11-5-6-12(14)15-13(11)10-8-9-4-2-3-7-17(9)16-10/h2-8H,1H3. The van der Waals surface area contributed by atoms with Crippen molar-refractivity contribution in [2.24, 2.45) is 0 Å². The van der Waals surface area contributed by atoms with Crippen molar-refractivity contribution in [3.63, 3.8) is 0 Å². The van der Waals surface area contributed by atoms with Crippen LogP contribution in [0, 0.1) is 0 Å². The molecule has 3 aromatic rings. The minimum Gasteiger partial charge on any atom is -0.494 e. The van der Waals surface area contributed by atoms with E-state index in [1.165, 1.54) is 0 Å². The fourth-order valence-corrected chi connectivity index (χ4v) is 1.97. The first kappa shape index (κ1) is 11.0. The summed E-state index contributed by atoms with van der Waals surface area (Å²) in [7, 11) is 1.60. The predicted octanol–water partition coefficient (Wildman–Crippen LogP) is 3.06. The van der Waals surface area contributed by atoms with E-state index in [-0.39, 0.29) is 0 Å². The molecule has 0 aliphatic carbocycles. The van der Waals surface area contributed by atoms with Gasteiger partial charge in [0.15, 0.2) is 0 Å². The van der Waals surface area contributed by atoms with Gasteiger partial charge < -0.3 is 4.74 Å². The lowest BCUT2D eigenvalue weighted by Crippen LogP contribution is -1.92. The highest BCUT2D eigenvalue weighted by Gasteiger charge is 2.12. The quantitative estimate of drug-likeness (QED) is 0.664. The average Bonchev–Trinajstić information content (AvgIpc) is 2.82. The fourth-order valence-electron chi connectivity index (χ4n) is 1.82. The highest BCUT2D eigenvalue weighted by atomic mass is 35.5. The summed E-state index contributed by atoms with van der Waals surface area (Å²) in [4.78, 5) is 4.27. The van der Waals surface area contributed by atoms with Gasteiger partial charge in [-0.1, -0.05) is 17.7 Å². The minimum absolute atomic E-state index is 0.419. The molecule has 0 unspecified atom stereocenters. The molecule has 0 aliphatic rings. The van der Waals surface area contributed by atoms with Crippen LogP contribution >= 0.6 is 11.6 Å². The Morgan fingerprint density at radius 3 is 2.89 bits per heavy atom. The first-order chi connectivity index (χ1) is 8.78. The van der Waals surface area contributed by atoms with E-state index in [1.807, 2.05) is 30.5 Å². The number of hydrogen-bond donors (Lipinski definition) is 0. The van der Waals surface area contributed by atoms with Crippen molar-refractivity contribution in [1.82, 2.24) is 14.6 Å². The second-order valence-electron chi connectivity index (χ2n) is 3.78. The van der Waals surface area contributed by atoms with Crippen molar-refractivity contribution in [2.75, 3.05) is 7.11 Å². The smallest absolute Gasteiger partial charge is 0.146 e. The molecule has 0 N–H and O–H groups in total. The van der Waals surface area contributed by atoms with Crippen molar-refractivity contribution < 1.29 is 4.74 Å². The van der Waals surface area contributed by atoms with Crippen LogP contribution in [-0.2, 0) is 0 Å². The number of pyridine rings is 2. The molecule has 0 bridgehead atoms. The minimum atomic E-state index is 0.419. The Labute approximate surface area is 109 Å². The molecule has 3 heterocycles. The molecule has 0 saturated carbocycles. The Morgan fingerprint density at radius 2 is 2.11 bits per heavy atom. The first-order valence-corrected chi connectivity index (χ1v) is 5.81. The van der Waals surface area contributed by atoms with E-state index < -0.39 is 0 Å². The largest absolute Gasteiger partial charge is 0.494 e. The molecule has 3 rings (SSSR count). The van der Waals surface area contributed by atoms with E-state index in [2.05, 4.69) is 10.1 Å². The third-order valence-electron chi connectivity index (χ3n) is 2.66. The van der Waals surface area contributed by atoms with E-state index >= 15 is 0 Å². The summed E-state index contributed by atoms with van der Waals surface area (Å²) in [5.41, 5.74) is 2.38. The van der Waals surface area contributed by atoms with Gasteiger partial charge in [-0.2, -0.15) is 5.10 Å². The molecule has 0 amide bonds. The summed E-state index contributed by atoms with van der Waals surface area (Å²) in [6, 6.07) is 11.3. The Morgan fingerprint density at radius 1 is 1.22 bits per heavy atom. The summed E-state index contributed by atoms with van der Waals surface area (Å²) in [6.07, 6.45) is 1.88. The number of aromatic nitrogens is 3. The Hall–Kier alpha value is -2.07. The van der Waals surface area contributed by atoms with Crippen LogP contribution in [0.25, 0.3) is 16.9 Å². The number of hydrogen-bond acceptors (Lipinski definition) is 3. The molecular formula is C13H10ClN3O. The molecule has 0 fully saturated rings. The first-order valence-electron chi connectivity index (χ1n) is 5.43. The molecule has 0 atom stereocenters. The predicted molar refractivity (Wildman–Crippen MR) is 70.0 cm³/mol. The normalized spacial score (nSPS) is 10.8. The second kappa shape index (κ2) is 4.31. The van der Waals surface area contributed by atoms with Gasteiger partial charge >= 0.3 is 0 Å². The monoisotopic (exact) mass is 259 g/mol. The maximum Gasteiger partial charge on any atom is 0.146 e. The van der Waals surface area contributed by atoms with Crippen molar-refractivity contribution >= 4 is 17.1 Å². The van der Waals surface area contributed by atoms with Gasteiger partial charge in [-0.05, 0) is 30.3 Å². The lowest BCUT2D eigenvalue weighted by Gasteiger charge is -2.04. The Balaban J connectivity index is 2.22. The number of nitrogens with zero attached hydrogens (tertiary/aromatic N) is 3. The van der Waals surface area contributed by atoms with E-state index in [4.69, 9.17) is 16.3 Å². The molecule has 0 radical (unpaired) electrons. The third kappa shape index (κ3) is 1.80. The zero-order valence-electron chi connectivity index (χ0n) is 9.67. The SMILES string of the molecule is COc1ccc(Cl)nc1-c1cc2ccccn2n1. The summed E-state index contributed by atoms with van der Waals surface area (Å²) >= 11 is 5.92. The Bertz CT molecular complexity index is 675. The molecule has 5 heteroatoms. The summed E-state index contributed by atoms with van der Waals surface area (Å²) in [6.45, 7) is 0. The van der Waals surface area contributed by atoms with E-state index in [9.17, 15) is 0 Å². The van der Waals surface area contributed by atoms with Crippen LogP contribution in [0.15, 0.2) is 42.6 Å². The number of fused-ring (bicyclic) bond motifs is 1. The lowest BCUT2D eigenvalue weighted by atomic mass is 10.2. The number of rotatable bonds is 2. The van der Waals surface area contributed by atoms with Crippen LogP contribution in [0.1, 0.15) is 0 Å². The number of ether oxygens (including phenoxy) is 1. The molecule has 90 valence electrons. The van der Waals surface area contributed by atoms with Crippen molar-refractivity contribution in [3.8, 4) is 17.1 Å². The van der Waals surface area contributed by atoms with E-state index in [0.29, 0.717) is 16.6 Å². The zero-order valence-corrected chi connectivity index (χ0v) is 10.4. The number of methoxy groups -OCH3 is 1. The van der Waals surface area contributed by atoms with Crippen LogP contribution in [0.3, 0.4) is 0 Å². The zero-order chi connectivity index (χ0) is 12.5.